The molecule has 3 rings (SSSR count). The molecule has 132 valence electrons. The van der Waals surface area contributed by atoms with E-state index in [9.17, 15) is 23.1 Å². The molecule has 1 fully saturated rings. The van der Waals surface area contributed by atoms with Crippen LogP contribution < -0.4 is 0 Å². The highest BCUT2D eigenvalue weighted by Gasteiger charge is 2.35. The zero-order valence-electron chi connectivity index (χ0n) is 13.2. The summed E-state index contributed by atoms with van der Waals surface area (Å²) in [5, 5.41) is 9.28. The number of carboxylic acids is 1. The van der Waals surface area contributed by atoms with Crippen molar-refractivity contribution in [3.63, 3.8) is 0 Å². The average Bonchev–Trinajstić information content (AvgIpc) is 3.02. The molecule has 8 heteroatoms. The van der Waals surface area contributed by atoms with E-state index in [4.69, 9.17) is 0 Å². The van der Waals surface area contributed by atoms with Crippen molar-refractivity contribution in [1.82, 2.24) is 14.9 Å². The number of hydrogen-bond acceptors (Lipinski definition) is 4. The minimum Gasteiger partial charge on any atom is -0.478 e. The van der Waals surface area contributed by atoms with Crippen molar-refractivity contribution in [3.8, 4) is 0 Å². The SMILES string of the molecule is O=C(O)c1ccccc1CN1CCCC1c1nccc(C(F)(F)F)n1. The van der Waals surface area contributed by atoms with Crippen LogP contribution in [0.15, 0.2) is 36.5 Å². The molecule has 1 aliphatic heterocycles. The molecule has 2 heterocycles. The predicted octanol–water partition coefficient (Wildman–Crippen LogP) is 3.53. The summed E-state index contributed by atoms with van der Waals surface area (Å²) in [6.07, 6.45) is -1.97. The molecule has 1 aromatic carbocycles. The molecule has 1 unspecified atom stereocenters. The van der Waals surface area contributed by atoms with Crippen molar-refractivity contribution >= 4 is 5.97 Å². The first-order chi connectivity index (χ1) is 11.9. The Bertz CT molecular complexity index is 780. The van der Waals surface area contributed by atoms with Crippen molar-refractivity contribution < 1.29 is 23.1 Å². The molecular formula is C17H16F3N3O2. The van der Waals surface area contributed by atoms with Crippen molar-refractivity contribution in [2.24, 2.45) is 0 Å². The largest absolute Gasteiger partial charge is 0.478 e. The second-order valence-corrected chi connectivity index (χ2v) is 5.89. The predicted molar refractivity (Wildman–Crippen MR) is 82.8 cm³/mol. The quantitative estimate of drug-likeness (QED) is 0.913. The van der Waals surface area contributed by atoms with Gasteiger partial charge in [0.05, 0.1) is 11.6 Å². The normalized spacial score (nSPS) is 18.4. The Morgan fingerprint density at radius 2 is 2.04 bits per heavy atom. The van der Waals surface area contributed by atoms with E-state index in [0.29, 0.717) is 25.1 Å². The van der Waals surface area contributed by atoms with Crippen molar-refractivity contribution in [3.05, 3.63) is 59.2 Å². The summed E-state index contributed by atoms with van der Waals surface area (Å²) in [5.74, 6) is -0.901. The first-order valence-electron chi connectivity index (χ1n) is 7.81. The van der Waals surface area contributed by atoms with Gasteiger partial charge in [0.15, 0.2) is 0 Å². The van der Waals surface area contributed by atoms with Crippen molar-refractivity contribution in [2.75, 3.05) is 6.54 Å². The number of nitrogens with zero attached hydrogens (tertiary/aromatic N) is 3. The van der Waals surface area contributed by atoms with Gasteiger partial charge < -0.3 is 5.11 Å². The molecule has 1 N–H and O–H groups in total. The summed E-state index contributed by atoms with van der Waals surface area (Å²) in [4.78, 5) is 21.0. The molecule has 2 aromatic rings. The van der Waals surface area contributed by atoms with Gasteiger partial charge in [0.1, 0.15) is 11.5 Å². The standard InChI is InChI=1S/C17H16F3N3O2/c18-17(19,20)14-7-8-21-15(22-14)13-6-3-9-23(13)10-11-4-1-2-5-12(11)16(24)25/h1-2,4-5,7-8,13H,3,6,9-10H2,(H,24,25). The number of hydrogen-bond donors (Lipinski definition) is 1. The van der Waals surface area contributed by atoms with E-state index >= 15 is 0 Å². The van der Waals surface area contributed by atoms with Gasteiger partial charge in [-0.1, -0.05) is 18.2 Å². The summed E-state index contributed by atoms with van der Waals surface area (Å²) in [7, 11) is 0. The summed E-state index contributed by atoms with van der Waals surface area (Å²) in [6, 6.07) is 7.11. The van der Waals surface area contributed by atoms with E-state index in [-0.39, 0.29) is 17.4 Å². The van der Waals surface area contributed by atoms with Crippen LogP contribution in [0.1, 0.15) is 46.3 Å². The van der Waals surface area contributed by atoms with Gasteiger partial charge in [0.2, 0.25) is 0 Å². The van der Waals surface area contributed by atoms with Gasteiger partial charge in [-0.15, -0.1) is 0 Å². The third-order valence-corrected chi connectivity index (χ3v) is 4.25. The van der Waals surface area contributed by atoms with E-state index < -0.39 is 17.8 Å². The van der Waals surface area contributed by atoms with Gasteiger partial charge in [-0.3, -0.25) is 4.90 Å². The lowest BCUT2D eigenvalue weighted by molar-refractivity contribution is -0.141. The average molecular weight is 351 g/mol. The fourth-order valence-corrected chi connectivity index (χ4v) is 3.09. The van der Waals surface area contributed by atoms with Gasteiger partial charge in [-0.25, -0.2) is 14.8 Å². The van der Waals surface area contributed by atoms with E-state index in [1.54, 1.807) is 18.2 Å². The maximum atomic E-state index is 12.9. The molecule has 0 aliphatic carbocycles. The summed E-state index contributed by atoms with van der Waals surface area (Å²) >= 11 is 0. The Hall–Kier alpha value is -2.48. The first-order valence-corrected chi connectivity index (χ1v) is 7.81. The molecule has 0 saturated carbocycles. The number of carbonyl (C=O) groups is 1. The number of likely N-dealkylation sites (tertiary alicyclic amines) is 1. The smallest absolute Gasteiger partial charge is 0.433 e. The molecule has 0 bridgehead atoms. The molecule has 1 aromatic heterocycles. The second kappa shape index (κ2) is 6.79. The van der Waals surface area contributed by atoms with E-state index in [2.05, 4.69) is 9.97 Å². The highest BCUT2D eigenvalue weighted by Crippen LogP contribution is 2.34. The van der Waals surface area contributed by atoms with Crippen LogP contribution in [0.25, 0.3) is 0 Å². The lowest BCUT2D eigenvalue weighted by Crippen LogP contribution is -2.26. The molecule has 25 heavy (non-hydrogen) atoms. The van der Waals surface area contributed by atoms with Crippen LogP contribution in [0.3, 0.4) is 0 Å². The summed E-state index contributed by atoms with van der Waals surface area (Å²) in [5.41, 5.74) is -0.151. The molecule has 1 saturated heterocycles. The van der Waals surface area contributed by atoms with Gasteiger partial charge in [0, 0.05) is 12.7 Å². The first kappa shape index (κ1) is 17.3. The van der Waals surface area contributed by atoms with Gasteiger partial charge in [-0.2, -0.15) is 13.2 Å². The highest BCUT2D eigenvalue weighted by atomic mass is 19.4. The molecule has 0 amide bonds. The minimum atomic E-state index is -4.52. The number of halogens is 3. The van der Waals surface area contributed by atoms with Crippen LogP contribution in [-0.4, -0.2) is 32.5 Å². The van der Waals surface area contributed by atoms with Gasteiger partial charge in [-0.05, 0) is 37.1 Å². The van der Waals surface area contributed by atoms with Crippen LogP contribution in [0, 0.1) is 0 Å². The molecule has 5 nitrogen and oxygen atoms in total. The van der Waals surface area contributed by atoms with E-state index in [1.165, 1.54) is 6.07 Å². The third-order valence-electron chi connectivity index (χ3n) is 4.25. The summed E-state index contributed by atoms with van der Waals surface area (Å²) < 4.78 is 38.6. The fourth-order valence-electron chi connectivity index (χ4n) is 3.09. The lowest BCUT2D eigenvalue weighted by Gasteiger charge is -2.24. The Kier molecular flexibility index (Phi) is 4.71. The highest BCUT2D eigenvalue weighted by molar-refractivity contribution is 5.89. The Balaban J connectivity index is 1.86. The van der Waals surface area contributed by atoms with E-state index in [1.807, 2.05) is 4.90 Å². The number of rotatable bonds is 4. The minimum absolute atomic E-state index is 0.125. The molecule has 1 atom stereocenters. The maximum Gasteiger partial charge on any atom is 0.433 e. The van der Waals surface area contributed by atoms with Gasteiger partial charge in [0.25, 0.3) is 0 Å². The van der Waals surface area contributed by atoms with Crippen molar-refractivity contribution in [1.29, 1.82) is 0 Å². The van der Waals surface area contributed by atoms with Crippen LogP contribution >= 0.6 is 0 Å². The number of benzene rings is 1. The van der Waals surface area contributed by atoms with Crippen molar-refractivity contribution in [2.45, 2.75) is 31.6 Å². The number of carboxylic acid groups (broad SMARTS) is 1. The molecule has 1 aliphatic rings. The second-order valence-electron chi connectivity index (χ2n) is 5.89. The number of aromatic nitrogens is 2. The van der Waals surface area contributed by atoms with Crippen LogP contribution in [0.5, 0.6) is 0 Å². The van der Waals surface area contributed by atoms with Crippen LogP contribution in [-0.2, 0) is 12.7 Å². The molecular weight excluding hydrogens is 335 g/mol. The molecule has 0 spiro atoms. The lowest BCUT2D eigenvalue weighted by atomic mass is 10.1. The zero-order chi connectivity index (χ0) is 18.0. The Morgan fingerprint density at radius 3 is 2.76 bits per heavy atom. The van der Waals surface area contributed by atoms with Gasteiger partial charge >= 0.3 is 12.1 Å². The summed E-state index contributed by atoms with van der Waals surface area (Å²) in [6.45, 7) is 0.977. The Labute approximate surface area is 142 Å². The fraction of sp³-hybridized carbons (Fsp3) is 0.353. The monoisotopic (exact) mass is 351 g/mol. The van der Waals surface area contributed by atoms with E-state index in [0.717, 1.165) is 18.7 Å². The van der Waals surface area contributed by atoms with Crippen LogP contribution in [0.2, 0.25) is 0 Å². The maximum absolute atomic E-state index is 12.9. The number of aromatic carboxylic acids is 1. The zero-order valence-corrected chi connectivity index (χ0v) is 13.2. The molecule has 0 radical (unpaired) electrons. The number of alkyl halides is 3. The third kappa shape index (κ3) is 3.79. The topological polar surface area (TPSA) is 66.3 Å². The van der Waals surface area contributed by atoms with Crippen LogP contribution in [0.4, 0.5) is 13.2 Å². The Morgan fingerprint density at radius 1 is 1.28 bits per heavy atom.